The smallest absolute Gasteiger partial charge is 0.323 e. The van der Waals surface area contributed by atoms with Gasteiger partial charge in [-0.15, -0.1) is 0 Å². The number of carbonyl (C=O) groups is 2. The lowest BCUT2D eigenvalue weighted by atomic mass is 10.2. The molecule has 2 rings (SSSR count). The summed E-state index contributed by atoms with van der Waals surface area (Å²) >= 11 is 5.80. The number of carboxylic acid groups (broad SMARTS) is 1. The van der Waals surface area contributed by atoms with Crippen LogP contribution < -0.4 is 0 Å². The minimum atomic E-state index is -1.08. The third-order valence-electron chi connectivity index (χ3n) is 2.72. The summed E-state index contributed by atoms with van der Waals surface area (Å²) in [7, 11) is 0. The molecule has 0 unspecified atom stereocenters. The van der Waals surface area contributed by atoms with E-state index < -0.39 is 17.7 Å². The van der Waals surface area contributed by atoms with Crippen LogP contribution in [0.5, 0.6) is 0 Å². The fourth-order valence-corrected chi connectivity index (χ4v) is 1.96. The van der Waals surface area contributed by atoms with E-state index in [0.29, 0.717) is 0 Å². The number of aliphatic carboxylic acids is 1. The second-order valence-corrected chi connectivity index (χ2v) is 4.59. The predicted octanol–water partition coefficient (Wildman–Crippen LogP) is 2.17. The third kappa shape index (κ3) is 2.79. The first kappa shape index (κ1) is 12.8. The first-order valence-corrected chi connectivity index (χ1v) is 5.84. The van der Waals surface area contributed by atoms with Crippen molar-refractivity contribution in [3.05, 3.63) is 34.6 Å². The summed E-state index contributed by atoms with van der Waals surface area (Å²) in [5, 5.41) is 8.78. The molecule has 1 saturated carbocycles. The summed E-state index contributed by atoms with van der Waals surface area (Å²) in [5.74, 6) is -2.08. The van der Waals surface area contributed by atoms with E-state index in [0.717, 1.165) is 25.0 Å². The van der Waals surface area contributed by atoms with Gasteiger partial charge in [0.25, 0.3) is 5.91 Å². The summed E-state index contributed by atoms with van der Waals surface area (Å²) in [5.41, 5.74) is 0.131. The van der Waals surface area contributed by atoms with Crippen LogP contribution in [-0.2, 0) is 4.79 Å². The van der Waals surface area contributed by atoms with Crippen LogP contribution in [0, 0.1) is 5.82 Å². The molecule has 6 heteroatoms. The number of benzene rings is 1. The highest BCUT2D eigenvalue weighted by Gasteiger charge is 2.34. The SMILES string of the molecule is O=C(O)CN(C(=O)c1ccc(F)cc1Cl)C1CC1. The van der Waals surface area contributed by atoms with E-state index in [1.165, 1.54) is 11.0 Å². The van der Waals surface area contributed by atoms with Gasteiger partial charge in [-0.05, 0) is 31.0 Å². The van der Waals surface area contributed by atoms with E-state index in [9.17, 15) is 14.0 Å². The zero-order valence-electron chi connectivity index (χ0n) is 9.40. The summed E-state index contributed by atoms with van der Waals surface area (Å²) in [6.07, 6.45) is 1.58. The molecule has 1 aliphatic rings. The predicted molar refractivity (Wildman–Crippen MR) is 63.1 cm³/mol. The molecule has 1 aromatic carbocycles. The van der Waals surface area contributed by atoms with Crippen molar-refractivity contribution < 1.29 is 19.1 Å². The van der Waals surface area contributed by atoms with Crippen LogP contribution in [0.2, 0.25) is 5.02 Å². The lowest BCUT2D eigenvalue weighted by molar-refractivity contribution is -0.137. The second-order valence-electron chi connectivity index (χ2n) is 4.18. The third-order valence-corrected chi connectivity index (χ3v) is 3.03. The van der Waals surface area contributed by atoms with E-state index in [-0.39, 0.29) is 23.2 Å². The van der Waals surface area contributed by atoms with Crippen LogP contribution in [0.3, 0.4) is 0 Å². The second kappa shape index (κ2) is 4.94. The Hall–Kier alpha value is -1.62. The molecule has 0 spiro atoms. The lowest BCUT2D eigenvalue weighted by Gasteiger charge is -2.20. The molecule has 1 aromatic rings. The molecular weight excluding hydrogens is 261 g/mol. The molecule has 0 bridgehead atoms. The van der Waals surface area contributed by atoms with Crippen molar-refractivity contribution in [3.8, 4) is 0 Å². The number of halogens is 2. The minimum Gasteiger partial charge on any atom is -0.480 e. The Balaban J connectivity index is 2.24. The van der Waals surface area contributed by atoms with Crippen LogP contribution >= 0.6 is 11.6 Å². The number of hydrogen-bond donors (Lipinski definition) is 1. The zero-order chi connectivity index (χ0) is 13.3. The molecule has 0 aromatic heterocycles. The molecule has 0 atom stereocenters. The normalized spacial score (nSPS) is 14.3. The summed E-state index contributed by atoms with van der Waals surface area (Å²) in [6.45, 7) is -0.364. The van der Waals surface area contributed by atoms with Gasteiger partial charge < -0.3 is 10.0 Å². The van der Waals surface area contributed by atoms with Crippen LogP contribution in [0.25, 0.3) is 0 Å². The first-order chi connectivity index (χ1) is 8.49. The number of hydrogen-bond acceptors (Lipinski definition) is 2. The highest BCUT2D eigenvalue weighted by Crippen LogP contribution is 2.29. The van der Waals surface area contributed by atoms with Gasteiger partial charge >= 0.3 is 5.97 Å². The van der Waals surface area contributed by atoms with Crippen molar-refractivity contribution in [1.82, 2.24) is 4.90 Å². The molecule has 18 heavy (non-hydrogen) atoms. The molecular formula is C12H11ClFNO3. The van der Waals surface area contributed by atoms with Crippen LogP contribution in [-0.4, -0.2) is 34.5 Å². The van der Waals surface area contributed by atoms with E-state index in [1.807, 2.05) is 0 Å². The molecule has 0 saturated heterocycles. The van der Waals surface area contributed by atoms with Crippen molar-refractivity contribution >= 4 is 23.5 Å². The van der Waals surface area contributed by atoms with Crippen molar-refractivity contribution in [2.45, 2.75) is 18.9 Å². The Kier molecular flexibility index (Phi) is 3.52. The highest BCUT2D eigenvalue weighted by molar-refractivity contribution is 6.33. The van der Waals surface area contributed by atoms with Crippen molar-refractivity contribution in [2.24, 2.45) is 0 Å². The Morgan fingerprint density at radius 2 is 2.11 bits per heavy atom. The molecule has 1 amide bonds. The molecule has 4 nitrogen and oxygen atoms in total. The van der Waals surface area contributed by atoms with Gasteiger partial charge in [0.05, 0.1) is 10.6 Å². The van der Waals surface area contributed by atoms with Gasteiger partial charge in [0.2, 0.25) is 0 Å². The maximum absolute atomic E-state index is 12.9. The van der Waals surface area contributed by atoms with Crippen molar-refractivity contribution in [1.29, 1.82) is 0 Å². The number of nitrogens with zero attached hydrogens (tertiary/aromatic N) is 1. The van der Waals surface area contributed by atoms with Crippen LogP contribution in [0.1, 0.15) is 23.2 Å². The average Bonchev–Trinajstić information content (AvgIpc) is 3.08. The Labute approximate surface area is 108 Å². The maximum atomic E-state index is 12.9. The van der Waals surface area contributed by atoms with E-state index in [4.69, 9.17) is 16.7 Å². The van der Waals surface area contributed by atoms with E-state index in [2.05, 4.69) is 0 Å². The van der Waals surface area contributed by atoms with Crippen LogP contribution in [0.4, 0.5) is 4.39 Å². The lowest BCUT2D eigenvalue weighted by Crippen LogP contribution is -2.37. The minimum absolute atomic E-state index is 0.00367. The van der Waals surface area contributed by atoms with Gasteiger partial charge in [-0.1, -0.05) is 11.6 Å². The monoisotopic (exact) mass is 271 g/mol. The zero-order valence-corrected chi connectivity index (χ0v) is 10.2. The van der Waals surface area contributed by atoms with E-state index in [1.54, 1.807) is 0 Å². The summed E-state index contributed by atoms with van der Waals surface area (Å²) in [6, 6.07) is 3.40. The Morgan fingerprint density at radius 1 is 1.44 bits per heavy atom. The standard InChI is InChI=1S/C12H11ClFNO3/c13-10-5-7(14)1-4-9(10)12(18)15(6-11(16)17)8-2-3-8/h1,4-5,8H,2-3,6H2,(H,16,17). The molecule has 0 heterocycles. The number of carbonyl (C=O) groups excluding carboxylic acids is 1. The van der Waals surface area contributed by atoms with Gasteiger partial charge in [-0.2, -0.15) is 0 Å². The number of amides is 1. The number of rotatable bonds is 4. The Morgan fingerprint density at radius 3 is 2.61 bits per heavy atom. The van der Waals surface area contributed by atoms with Crippen LogP contribution in [0.15, 0.2) is 18.2 Å². The van der Waals surface area contributed by atoms with Gasteiger partial charge in [0.15, 0.2) is 0 Å². The molecule has 1 aliphatic carbocycles. The summed E-state index contributed by atoms with van der Waals surface area (Å²) < 4.78 is 12.9. The van der Waals surface area contributed by atoms with Gasteiger partial charge in [-0.3, -0.25) is 9.59 Å². The fourth-order valence-electron chi connectivity index (χ4n) is 1.72. The Bertz CT molecular complexity index is 502. The first-order valence-electron chi connectivity index (χ1n) is 5.47. The average molecular weight is 272 g/mol. The van der Waals surface area contributed by atoms with Crippen molar-refractivity contribution in [3.63, 3.8) is 0 Å². The molecule has 0 aliphatic heterocycles. The van der Waals surface area contributed by atoms with Gasteiger partial charge in [-0.25, -0.2) is 4.39 Å². The molecule has 1 fully saturated rings. The topological polar surface area (TPSA) is 57.6 Å². The van der Waals surface area contributed by atoms with Crippen molar-refractivity contribution in [2.75, 3.05) is 6.54 Å². The maximum Gasteiger partial charge on any atom is 0.323 e. The molecule has 0 radical (unpaired) electrons. The summed E-state index contributed by atoms with van der Waals surface area (Å²) in [4.78, 5) is 24.1. The highest BCUT2D eigenvalue weighted by atomic mass is 35.5. The molecule has 1 N–H and O–H groups in total. The molecule has 96 valence electrons. The van der Waals surface area contributed by atoms with Gasteiger partial charge in [0, 0.05) is 6.04 Å². The largest absolute Gasteiger partial charge is 0.480 e. The fraction of sp³-hybridized carbons (Fsp3) is 0.333. The van der Waals surface area contributed by atoms with E-state index >= 15 is 0 Å². The quantitative estimate of drug-likeness (QED) is 0.913. The number of carboxylic acids is 1. The van der Waals surface area contributed by atoms with Gasteiger partial charge in [0.1, 0.15) is 12.4 Å².